The summed E-state index contributed by atoms with van der Waals surface area (Å²) in [5, 5.41) is 14.0. The van der Waals surface area contributed by atoms with Crippen molar-refractivity contribution < 1.29 is 9.72 Å². The van der Waals surface area contributed by atoms with Crippen molar-refractivity contribution in [2.24, 2.45) is 0 Å². The number of benzene rings is 2. The second-order valence-corrected chi connectivity index (χ2v) is 7.37. The standard InChI is InChI=1S/C22H23N3O3/c26-22-20(23-17-11-13-19(14-12-17)25(27)28)15-21(16-7-3-1-4-8-16)24(22)18-9-5-2-6-10-18/h1,3-4,7-8,11-15,18,21,23H,2,5-6,9-10H2. The first-order valence-electron chi connectivity index (χ1n) is 9.74. The Kier molecular flexibility index (Phi) is 5.10. The van der Waals surface area contributed by atoms with Gasteiger partial charge < -0.3 is 10.2 Å². The number of non-ortho nitro benzene ring substituents is 1. The first-order chi connectivity index (χ1) is 13.6. The number of rotatable bonds is 5. The van der Waals surface area contributed by atoms with Gasteiger partial charge in [-0.15, -0.1) is 0 Å². The van der Waals surface area contributed by atoms with Crippen LogP contribution in [0.1, 0.15) is 43.7 Å². The number of nitrogens with one attached hydrogen (secondary N) is 1. The number of hydrogen-bond acceptors (Lipinski definition) is 4. The normalized spacial score (nSPS) is 20.1. The molecule has 1 atom stereocenters. The molecule has 28 heavy (non-hydrogen) atoms. The monoisotopic (exact) mass is 377 g/mol. The minimum Gasteiger partial charge on any atom is -0.351 e. The van der Waals surface area contributed by atoms with Gasteiger partial charge in [-0.05, 0) is 36.6 Å². The average Bonchev–Trinajstić information content (AvgIpc) is 3.06. The summed E-state index contributed by atoms with van der Waals surface area (Å²) in [5.74, 6) is -0.000828. The predicted octanol–water partition coefficient (Wildman–Crippen LogP) is 4.81. The fourth-order valence-electron chi connectivity index (χ4n) is 4.15. The Morgan fingerprint density at radius 2 is 1.64 bits per heavy atom. The number of amides is 1. The number of nitrogens with zero attached hydrogens (tertiary/aromatic N) is 2. The lowest BCUT2D eigenvalue weighted by Crippen LogP contribution is -2.41. The average molecular weight is 377 g/mol. The van der Waals surface area contributed by atoms with Crippen molar-refractivity contribution in [1.29, 1.82) is 0 Å². The molecule has 1 N–H and O–H groups in total. The summed E-state index contributed by atoms with van der Waals surface area (Å²) in [6.07, 6.45) is 7.59. The lowest BCUT2D eigenvalue weighted by Gasteiger charge is -2.36. The topological polar surface area (TPSA) is 75.5 Å². The van der Waals surface area contributed by atoms with Gasteiger partial charge in [0.15, 0.2) is 0 Å². The molecule has 0 aromatic heterocycles. The zero-order valence-corrected chi connectivity index (χ0v) is 15.6. The van der Waals surface area contributed by atoms with Crippen LogP contribution >= 0.6 is 0 Å². The minimum absolute atomic E-state index is 0.000828. The summed E-state index contributed by atoms with van der Waals surface area (Å²) in [5.41, 5.74) is 2.33. The van der Waals surface area contributed by atoms with E-state index in [1.54, 1.807) is 12.1 Å². The summed E-state index contributed by atoms with van der Waals surface area (Å²) < 4.78 is 0. The maximum atomic E-state index is 13.3. The molecule has 0 radical (unpaired) electrons. The van der Waals surface area contributed by atoms with Crippen molar-refractivity contribution >= 4 is 17.3 Å². The maximum absolute atomic E-state index is 13.3. The van der Waals surface area contributed by atoms with Crippen LogP contribution in [0.3, 0.4) is 0 Å². The molecule has 0 bridgehead atoms. The zero-order chi connectivity index (χ0) is 19.5. The zero-order valence-electron chi connectivity index (χ0n) is 15.6. The van der Waals surface area contributed by atoms with Gasteiger partial charge in [0.1, 0.15) is 5.70 Å². The quantitative estimate of drug-likeness (QED) is 0.599. The Morgan fingerprint density at radius 3 is 2.29 bits per heavy atom. The van der Waals surface area contributed by atoms with Crippen LogP contribution in [-0.4, -0.2) is 21.8 Å². The summed E-state index contributed by atoms with van der Waals surface area (Å²) in [4.78, 5) is 25.7. The molecule has 2 aromatic rings. The van der Waals surface area contributed by atoms with Crippen molar-refractivity contribution in [3.8, 4) is 0 Å². The van der Waals surface area contributed by atoms with E-state index in [1.165, 1.54) is 18.6 Å². The Morgan fingerprint density at radius 1 is 0.964 bits per heavy atom. The number of carbonyl (C=O) groups excluding carboxylic acids is 1. The van der Waals surface area contributed by atoms with E-state index in [9.17, 15) is 14.9 Å². The molecule has 144 valence electrons. The molecular formula is C22H23N3O3. The molecule has 1 aliphatic heterocycles. The summed E-state index contributed by atoms with van der Waals surface area (Å²) >= 11 is 0. The van der Waals surface area contributed by atoms with Crippen molar-refractivity contribution in [2.45, 2.75) is 44.2 Å². The summed E-state index contributed by atoms with van der Waals surface area (Å²) in [6.45, 7) is 0. The molecule has 0 spiro atoms. The third-order valence-electron chi connectivity index (χ3n) is 5.56. The number of hydrogen-bond donors (Lipinski definition) is 1. The first kappa shape index (κ1) is 18.2. The number of anilines is 1. The largest absolute Gasteiger partial charge is 0.351 e. The first-order valence-corrected chi connectivity index (χ1v) is 9.74. The molecular weight excluding hydrogens is 354 g/mol. The van der Waals surface area contributed by atoms with Gasteiger partial charge in [-0.25, -0.2) is 0 Å². The Bertz CT molecular complexity index is 887. The third kappa shape index (κ3) is 3.63. The van der Waals surface area contributed by atoms with E-state index in [0.717, 1.165) is 31.2 Å². The predicted molar refractivity (Wildman–Crippen MR) is 108 cm³/mol. The van der Waals surface area contributed by atoms with E-state index in [1.807, 2.05) is 29.2 Å². The van der Waals surface area contributed by atoms with Crippen LogP contribution in [0.4, 0.5) is 11.4 Å². The highest BCUT2D eigenvalue weighted by molar-refractivity contribution is 5.99. The molecule has 1 heterocycles. The Labute approximate surface area is 164 Å². The highest BCUT2D eigenvalue weighted by Crippen LogP contribution is 2.37. The van der Waals surface area contributed by atoms with E-state index in [4.69, 9.17) is 0 Å². The molecule has 1 aliphatic carbocycles. The molecule has 2 aromatic carbocycles. The molecule has 4 rings (SSSR count). The molecule has 1 unspecified atom stereocenters. The number of carbonyl (C=O) groups is 1. The summed E-state index contributed by atoms with van der Waals surface area (Å²) in [7, 11) is 0. The lowest BCUT2D eigenvalue weighted by molar-refractivity contribution is -0.384. The Balaban J connectivity index is 1.61. The van der Waals surface area contributed by atoms with Crippen molar-refractivity contribution in [3.63, 3.8) is 0 Å². The number of nitro benzene ring substituents is 1. The van der Waals surface area contributed by atoms with Gasteiger partial charge in [0, 0.05) is 23.9 Å². The van der Waals surface area contributed by atoms with Crippen LogP contribution in [0.25, 0.3) is 0 Å². The summed E-state index contributed by atoms with van der Waals surface area (Å²) in [6, 6.07) is 16.4. The highest BCUT2D eigenvalue weighted by atomic mass is 16.6. The van der Waals surface area contributed by atoms with E-state index in [-0.39, 0.29) is 23.7 Å². The van der Waals surface area contributed by atoms with E-state index < -0.39 is 4.92 Å². The number of nitro groups is 1. The lowest BCUT2D eigenvalue weighted by atomic mass is 9.92. The molecule has 6 nitrogen and oxygen atoms in total. The van der Waals surface area contributed by atoms with Crippen LogP contribution in [-0.2, 0) is 4.79 Å². The van der Waals surface area contributed by atoms with Gasteiger partial charge in [0.2, 0.25) is 0 Å². The molecule has 1 saturated carbocycles. The van der Waals surface area contributed by atoms with Crippen LogP contribution in [0.5, 0.6) is 0 Å². The SMILES string of the molecule is O=C1C(Nc2ccc([N+](=O)[O-])cc2)=CC(c2ccccc2)N1C1CCCCC1. The van der Waals surface area contributed by atoms with Gasteiger partial charge >= 0.3 is 0 Å². The second-order valence-electron chi connectivity index (χ2n) is 7.37. The second kappa shape index (κ2) is 7.84. The van der Waals surface area contributed by atoms with E-state index >= 15 is 0 Å². The fraction of sp³-hybridized carbons (Fsp3) is 0.318. The van der Waals surface area contributed by atoms with Gasteiger partial charge in [-0.1, -0.05) is 49.6 Å². The minimum atomic E-state index is -0.431. The van der Waals surface area contributed by atoms with E-state index in [0.29, 0.717) is 11.4 Å². The van der Waals surface area contributed by atoms with Crippen LogP contribution in [0, 0.1) is 10.1 Å². The molecule has 2 aliphatic rings. The van der Waals surface area contributed by atoms with Crippen LogP contribution in [0.15, 0.2) is 66.4 Å². The third-order valence-corrected chi connectivity index (χ3v) is 5.56. The van der Waals surface area contributed by atoms with Gasteiger partial charge in [-0.2, -0.15) is 0 Å². The molecule has 1 fully saturated rings. The smallest absolute Gasteiger partial charge is 0.271 e. The van der Waals surface area contributed by atoms with Crippen molar-refractivity contribution in [3.05, 3.63) is 82.0 Å². The van der Waals surface area contributed by atoms with E-state index in [2.05, 4.69) is 17.4 Å². The molecule has 6 heteroatoms. The van der Waals surface area contributed by atoms with Gasteiger partial charge in [0.05, 0.1) is 11.0 Å². The Hall–Kier alpha value is -3.15. The fourth-order valence-corrected chi connectivity index (χ4v) is 4.15. The van der Waals surface area contributed by atoms with Gasteiger partial charge in [-0.3, -0.25) is 14.9 Å². The maximum Gasteiger partial charge on any atom is 0.271 e. The molecule has 0 saturated heterocycles. The molecule has 1 amide bonds. The van der Waals surface area contributed by atoms with Crippen LogP contribution < -0.4 is 5.32 Å². The van der Waals surface area contributed by atoms with Gasteiger partial charge in [0.25, 0.3) is 11.6 Å². The highest BCUT2D eigenvalue weighted by Gasteiger charge is 2.38. The van der Waals surface area contributed by atoms with Crippen LogP contribution in [0.2, 0.25) is 0 Å². The van der Waals surface area contributed by atoms with Crippen molar-refractivity contribution in [2.75, 3.05) is 5.32 Å². The van der Waals surface area contributed by atoms with Crippen molar-refractivity contribution in [1.82, 2.24) is 4.90 Å².